The van der Waals surface area contributed by atoms with Gasteiger partial charge in [-0.3, -0.25) is 0 Å². The van der Waals surface area contributed by atoms with E-state index >= 15 is 0 Å². The van der Waals surface area contributed by atoms with Gasteiger partial charge in [-0.1, -0.05) is 12.1 Å². The Morgan fingerprint density at radius 2 is 2.15 bits per heavy atom. The van der Waals surface area contributed by atoms with Crippen molar-refractivity contribution in [3.8, 4) is 11.3 Å². The first kappa shape index (κ1) is 16.3. The van der Waals surface area contributed by atoms with E-state index in [1.807, 2.05) is 22.3 Å². The smallest absolute Gasteiger partial charge is 0.229 e. The normalized spacial score (nSPS) is 17.3. The van der Waals surface area contributed by atoms with E-state index in [1.54, 1.807) is 12.4 Å². The molecule has 3 aromatic heterocycles. The van der Waals surface area contributed by atoms with Crippen molar-refractivity contribution in [3.63, 3.8) is 0 Å². The molecule has 1 aliphatic heterocycles. The van der Waals surface area contributed by atoms with Gasteiger partial charge in [0.1, 0.15) is 0 Å². The van der Waals surface area contributed by atoms with Gasteiger partial charge in [0.05, 0.1) is 17.4 Å². The summed E-state index contributed by atoms with van der Waals surface area (Å²) in [6.45, 7) is 0.795. The highest BCUT2D eigenvalue weighted by Gasteiger charge is 2.18. The van der Waals surface area contributed by atoms with Crippen LogP contribution in [0.25, 0.3) is 22.2 Å². The van der Waals surface area contributed by atoms with Crippen LogP contribution in [0.15, 0.2) is 48.2 Å². The lowest BCUT2D eigenvalue weighted by atomic mass is 10.1. The second-order valence-corrected chi connectivity index (χ2v) is 7.31. The van der Waals surface area contributed by atoms with E-state index in [4.69, 9.17) is 4.74 Å². The van der Waals surface area contributed by atoms with Crippen LogP contribution in [0.3, 0.4) is 0 Å². The molecular formula is C19H18N6OS. The maximum Gasteiger partial charge on any atom is 0.229 e. The first-order chi connectivity index (χ1) is 13.4. The lowest BCUT2D eigenvalue weighted by Gasteiger charge is -2.23. The van der Waals surface area contributed by atoms with E-state index in [9.17, 15) is 0 Å². The van der Waals surface area contributed by atoms with Crippen LogP contribution in [0.2, 0.25) is 0 Å². The molecule has 136 valence electrons. The average Bonchev–Trinajstić information content (AvgIpc) is 3.38. The third-order valence-electron chi connectivity index (χ3n) is 4.63. The summed E-state index contributed by atoms with van der Waals surface area (Å²) in [5.74, 6) is 0.534. The number of hydrogen-bond acceptors (Lipinski definition) is 7. The highest BCUT2D eigenvalue weighted by atomic mass is 32.1. The Bertz CT molecular complexity index is 1060. The van der Waals surface area contributed by atoms with E-state index in [1.165, 1.54) is 17.8 Å². The lowest BCUT2D eigenvalue weighted by molar-refractivity contribution is -0.0366. The number of rotatable bonds is 4. The third kappa shape index (κ3) is 3.29. The molecule has 4 aromatic rings. The van der Waals surface area contributed by atoms with Gasteiger partial charge in [-0.25, -0.2) is 19.6 Å². The van der Waals surface area contributed by atoms with Gasteiger partial charge in [0.2, 0.25) is 5.95 Å². The van der Waals surface area contributed by atoms with Crippen molar-refractivity contribution in [1.82, 2.24) is 24.7 Å². The fourth-order valence-corrected chi connectivity index (χ4v) is 3.83. The van der Waals surface area contributed by atoms with E-state index in [-0.39, 0.29) is 6.23 Å². The Morgan fingerprint density at radius 1 is 1.15 bits per heavy atom. The Hall–Kier alpha value is -2.84. The maximum atomic E-state index is 5.91. The van der Waals surface area contributed by atoms with Crippen LogP contribution < -0.4 is 5.32 Å². The molecule has 1 N–H and O–H groups in total. The Balaban J connectivity index is 1.49. The van der Waals surface area contributed by atoms with Gasteiger partial charge in [-0.2, -0.15) is 5.10 Å². The van der Waals surface area contributed by atoms with Crippen molar-refractivity contribution in [2.75, 3.05) is 11.9 Å². The predicted molar refractivity (Wildman–Crippen MR) is 105 cm³/mol. The molecule has 1 saturated heterocycles. The summed E-state index contributed by atoms with van der Waals surface area (Å²) in [4.78, 5) is 13.1. The number of aromatic nitrogens is 5. The Labute approximate surface area is 160 Å². The van der Waals surface area contributed by atoms with Crippen molar-refractivity contribution in [2.45, 2.75) is 25.5 Å². The molecule has 0 radical (unpaired) electrons. The van der Waals surface area contributed by atoms with Crippen LogP contribution in [0.4, 0.5) is 11.1 Å². The zero-order chi connectivity index (χ0) is 18.1. The van der Waals surface area contributed by atoms with Gasteiger partial charge in [0.15, 0.2) is 11.4 Å². The van der Waals surface area contributed by atoms with E-state index in [0.29, 0.717) is 5.95 Å². The van der Waals surface area contributed by atoms with Crippen molar-refractivity contribution in [2.24, 2.45) is 0 Å². The zero-order valence-electron chi connectivity index (χ0n) is 14.6. The molecule has 1 unspecified atom stereocenters. The summed E-state index contributed by atoms with van der Waals surface area (Å²) in [5.41, 5.74) is 2.93. The summed E-state index contributed by atoms with van der Waals surface area (Å²) >= 11 is 1.51. The number of benzene rings is 1. The fourth-order valence-electron chi connectivity index (χ4n) is 3.30. The van der Waals surface area contributed by atoms with Crippen LogP contribution in [0.5, 0.6) is 0 Å². The maximum absolute atomic E-state index is 5.91. The number of nitrogens with zero attached hydrogens (tertiary/aromatic N) is 5. The molecule has 5 rings (SSSR count). The molecule has 1 aliphatic rings. The molecule has 1 aromatic carbocycles. The number of fused-ring (bicyclic) bond motifs is 1. The minimum Gasteiger partial charge on any atom is -0.356 e. The minimum atomic E-state index is 0.0130. The standard InChI is InChI=1S/C19H18N6OS/c1-2-9-26-17(3-1)25-16-11-13(4-5-14(16)12-22-25)15-6-7-20-18(23-15)24-19-21-8-10-27-19/h4-8,10-12,17H,1-3,9H2,(H,20,21,23,24). The van der Waals surface area contributed by atoms with Gasteiger partial charge < -0.3 is 10.1 Å². The molecule has 7 nitrogen and oxygen atoms in total. The van der Waals surface area contributed by atoms with E-state index < -0.39 is 0 Å². The summed E-state index contributed by atoms with van der Waals surface area (Å²) in [6.07, 6.45) is 8.70. The molecule has 27 heavy (non-hydrogen) atoms. The Morgan fingerprint density at radius 3 is 3.00 bits per heavy atom. The van der Waals surface area contributed by atoms with Crippen molar-refractivity contribution >= 4 is 33.3 Å². The molecule has 0 saturated carbocycles. The fraction of sp³-hybridized carbons (Fsp3) is 0.263. The molecule has 1 atom stereocenters. The van der Waals surface area contributed by atoms with Crippen LogP contribution in [-0.4, -0.2) is 31.3 Å². The van der Waals surface area contributed by atoms with Gasteiger partial charge >= 0.3 is 0 Å². The number of nitrogens with one attached hydrogen (secondary N) is 1. The van der Waals surface area contributed by atoms with E-state index in [2.05, 4.69) is 43.6 Å². The second-order valence-electron chi connectivity index (χ2n) is 6.41. The molecule has 0 spiro atoms. The number of hydrogen-bond donors (Lipinski definition) is 1. The lowest BCUT2D eigenvalue weighted by Crippen LogP contribution is -2.18. The summed E-state index contributed by atoms with van der Waals surface area (Å²) < 4.78 is 7.91. The number of anilines is 2. The zero-order valence-corrected chi connectivity index (χ0v) is 15.4. The monoisotopic (exact) mass is 378 g/mol. The van der Waals surface area contributed by atoms with Crippen LogP contribution in [-0.2, 0) is 4.74 Å². The van der Waals surface area contributed by atoms with Gasteiger partial charge in [0.25, 0.3) is 0 Å². The van der Waals surface area contributed by atoms with Crippen molar-refractivity contribution < 1.29 is 4.74 Å². The van der Waals surface area contributed by atoms with E-state index in [0.717, 1.165) is 46.7 Å². The molecule has 0 aliphatic carbocycles. The summed E-state index contributed by atoms with van der Waals surface area (Å²) in [6, 6.07) is 8.17. The number of ether oxygens (including phenoxy) is 1. The van der Waals surface area contributed by atoms with Gasteiger partial charge in [-0.15, -0.1) is 11.3 Å². The van der Waals surface area contributed by atoms with Crippen molar-refractivity contribution in [3.05, 3.63) is 48.2 Å². The topological polar surface area (TPSA) is 77.8 Å². The number of thiazole rings is 1. The van der Waals surface area contributed by atoms with Crippen LogP contribution in [0.1, 0.15) is 25.5 Å². The quantitative estimate of drug-likeness (QED) is 0.567. The largest absolute Gasteiger partial charge is 0.356 e. The summed E-state index contributed by atoms with van der Waals surface area (Å²) in [5, 5.41) is 11.5. The van der Waals surface area contributed by atoms with Gasteiger partial charge in [-0.05, 0) is 31.4 Å². The predicted octanol–water partition coefficient (Wildman–Crippen LogP) is 4.39. The van der Waals surface area contributed by atoms with Crippen LogP contribution >= 0.6 is 11.3 Å². The molecule has 0 amide bonds. The average molecular weight is 378 g/mol. The minimum absolute atomic E-state index is 0.0130. The molecule has 8 heteroatoms. The second kappa shape index (κ2) is 7.05. The first-order valence-electron chi connectivity index (χ1n) is 8.96. The van der Waals surface area contributed by atoms with Crippen molar-refractivity contribution in [1.29, 1.82) is 0 Å². The highest BCUT2D eigenvalue weighted by molar-refractivity contribution is 7.13. The summed E-state index contributed by atoms with van der Waals surface area (Å²) in [7, 11) is 0. The van der Waals surface area contributed by atoms with Crippen LogP contribution in [0, 0.1) is 0 Å². The molecular weight excluding hydrogens is 360 g/mol. The molecule has 0 bridgehead atoms. The SMILES string of the molecule is c1cc(-c2ccc3cnn(C4CCCCO4)c3c2)nc(Nc2nccs2)n1. The third-order valence-corrected chi connectivity index (χ3v) is 5.32. The first-order valence-corrected chi connectivity index (χ1v) is 9.83. The Kier molecular flexibility index (Phi) is 4.27. The molecule has 1 fully saturated rings. The highest BCUT2D eigenvalue weighted by Crippen LogP contribution is 2.29. The molecule has 4 heterocycles. The van der Waals surface area contributed by atoms with Gasteiger partial charge in [0, 0.05) is 35.3 Å².